The van der Waals surface area contributed by atoms with Crippen molar-refractivity contribution in [3.63, 3.8) is 0 Å². The summed E-state index contributed by atoms with van der Waals surface area (Å²) in [5.41, 5.74) is 6.65. The summed E-state index contributed by atoms with van der Waals surface area (Å²) in [7, 11) is -0.427. The van der Waals surface area contributed by atoms with Gasteiger partial charge in [-0.15, -0.1) is 0 Å². The average molecular weight is 496 g/mol. The Labute approximate surface area is 206 Å². The first-order valence-corrected chi connectivity index (χ1v) is 12.7. The fourth-order valence-corrected chi connectivity index (χ4v) is 4.25. The molecule has 0 atom stereocenters. The average Bonchev–Trinajstić information content (AvgIpc) is 2.85. The molecule has 3 rings (SSSR count). The largest absolute Gasteiger partial charge is 0.493 e. The fraction of sp³-hybridized carbons (Fsp3) is 0.231. The molecule has 0 unspecified atom stereocenters. The molecule has 1 N–H and O–H groups in total. The van der Waals surface area contributed by atoms with Crippen LogP contribution >= 0.6 is 0 Å². The smallest absolute Gasteiger partial charge is 0.271 e. The van der Waals surface area contributed by atoms with Crippen LogP contribution in [0.15, 0.2) is 71.8 Å². The lowest BCUT2D eigenvalue weighted by atomic mass is 10.1. The summed E-state index contributed by atoms with van der Waals surface area (Å²) < 4.78 is 36.7. The number of hydrogen-bond donors (Lipinski definition) is 1. The van der Waals surface area contributed by atoms with Gasteiger partial charge in [0.15, 0.2) is 11.5 Å². The Bertz CT molecular complexity index is 1320. The summed E-state index contributed by atoms with van der Waals surface area (Å²) in [4.78, 5) is 12.6. The van der Waals surface area contributed by atoms with Crippen LogP contribution in [0, 0.1) is 6.92 Å². The highest BCUT2D eigenvalue weighted by molar-refractivity contribution is 7.92. The van der Waals surface area contributed by atoms with Crippen LogP contribution in [0.5, 0.6) is 11.5 Å². The van der Waals surface area contributed by atoms with Crippen LogP contribution in [-0.2, 0) is 16.6 Å². The second-order valence-electron chi connectivity index (χ2n) is 8.01. The monoisotopic (exact) mass is 495 g/mol. The van der Waals surface area contributed by atoms with E-state index < -0.39 is 15.9 Å². The maximum absolute atomic E-state index is 12.6. The zero-order valence-corrected chi connectivity index (χ0v) is 21.2. The van der Waals surface area contributed by atoms with E-state index in [1.807, 2.05) is 37.3 Å². The Morgan fingerprint density at radius 2 is 1.51 bits per heavy atom. The van der Waals surface area contributed by atoms with E-state index in [-0.39, 0.29) is 6.54 Å². The van der Waals surface area contributed by atoms with Gasteiger partial charge in [0.2, 0.25) is 10.0 Å². The first-order chi connectivity index (χ1) is 16.6. The van der Waals surface area contributed by atoms with Gasteiger partial charge in [-0.3, -0.25) is 9.10 Å². The molecule has 0 fully saturated rings. The van der Waals surface area contributed by atoms with E-state index in [0.717, 1.165) is 22.9 Å². The molecule has 3 aromatic carbocycles. The number of amides is 1. The molecule has 3 aromatic rings. The minimum absolute atomic E-state index is 0.194. The highest BCUT2D eigenvalue weighted by Crippen LogP contribution is 2.27. The van der Waals surface area contributed by atoms with E-state index in [9.17, 15) is 13.2 Å². The maximum Gasteiger partial charge on any atom is 0.271 e. The van der Waals surface area contributed by atoms with E-state index in [0.29, 0.717) is 28.5 Å². The summed E-state index contributed by atoms with van der Waals surface area (Å²) in [6, 6.07) is 19.4. The van der Waals surface area contributed by atoms with Crippen molar-refractivity contribution in [3.05, 3.63) is 89.0 Å². The number of sulfonamides is 1. The molecule has 9 heteroatoms. The molecule has 0 saturated heterocycles. The molecule has 0 aliphatic rings. The molecule has 0 bridgehead atoms. The maximum atomic E-state index is 12.6. The molecule has 0 radical (unpaired) electrons. The highest BCUT2D eigenvalue weighted by Gasteiger charge is 2.18. The number of carbonyl (C=O) groups is 1. The number of methoxy groups -OCH3 is 2. The zero-order valence-electron chi connectivity index (χ0n) is 20.4. The van der Waals surface area contributed by atoms with Crippen molar-refractivity contribution < 1.29 is 22.7 Å². The number of hydrazone groups is 1. The fourth-order valence-electron chi connectivity index (χ4n) is 3.36. The van der Waals surface area contributed by atoms with Gasteiger partial charge >= 0.3 is 0 Å². The second-order valence-corrected chi connectivity index (χ2v) is 9.92. The molecule has 0 aliphatic heterocycles. The van der Waals surface area contributed by atoms with Gasteiger partial charge in [0, 0.05) is 11.1 Å². The van der Waals surface area contributed by atoms with Crippen LogP contribution in [-0.4, -0.2) is 40.5 Å². The van der Waals surface area contributed by atoms with Crippen molar-refractivity contribution in [1.82, 2.24) is 5.43 Å². The highest BCUT2D eigenvalue weighted by atomic mass is 32.2. The van der Waals surface area contributed by atoms with Gasteiger partial charge in [-0.25, -0.2) is 13.8 Å². The third-order valence-corrected chi connectivity index (χ3v) is 6.53. The summed E-state index contributed by atoms with van der Waals surface area (Å²) in [6.07, 6.45) is 1.16. The number of hydrogen-bond acceptors (Lipinski definition) is 6. The third-order valence-electron chi connectivity index (χ3n) is 5.39. The van der Waals surface area contributed by atoms with Crippen LogP contribution in [0.3, 0.4) is 0 Å². The van der Waals surface area contributed by atoms with Crippen molar-refractivity contribution in [3.8, 4) is 11.5 Å². The van der Waals surface area contributed by atoms with E-state index in [2.05, 4.69) is 10.5 Å². The van der Waals surface area contributed by atoms with Crippen LogP contribution in [0.25, 0.3) is 0 Å². The Kier molecular flexibility index (Phi) is 8.14. The van der Waals surface area contributed by atoms with Gasteiger partial charge in [-0.2, -0.15) is 5.10 Å². The number of nitrogens with zero attached hydrogens (tertiary/aromatic N) is 2. The third kappa shape index (κ3) is 6.60. The van der Waals surface area contributed by atoms with Gasteiger partial charge in [-0.1, -0.05) is 29.8 Å². The number of aryl methyl sites for hydroxylation is 1. The van der Waals surface area contributed by atoms with Crippen molar-refractivity contribution in [2.24, 2.45) is 5.10 Å². The molecule has 0 heterocycles. The van der Waals surface area contributed by atoms with Crippen molar-refractivity contribution in [2.45, 2.75) is 20.4 Å². The summed E-state index contributed by atoms with van der Waals surface area (Å²) in [5.74, 6) is 0.738. The minimum Gasteiger partial charge on any atom is -0.493 e. The topological polar surface area (TPSA) is 97.3 Å². The predicted molar refractivity (Wildman–Crippen MR) is 138 cm³/mol. The molecular weight excluding hydrogens is 466 g/mol. The Balaban J connectivity index is 1.74. The number of rotatable bonds is 9. The first kappa shape index (κ1) is 25.8. The Morgan fingerprint density at radius 1 is 0.914 bits per heavy atom. The van der Waals surface area contributed by atoms with E-state index in [4.69, 9.17) is 9.47 Å². The summed E-state index contributed by atoms with van der Waals surface area (Å²) in [5, 5.41) is 4.18. The number of carbonyl (C=O) groups excluding carboxylic acids is 1. The molecule has 8 nitrogen and oxygen atoms in total. The lowest BCUT2D eigenvalue weighted by Crippen LogP contribution is -2.29. The van der Waals surface area contributed by atoms with Crippen molar-refractivity contribution in [1.29, 1.82) is 0 Å². The number of ether oxygens (including phenoxy) is 2. The van der Waals surface area contributed by atoms with E-state index >= 15 is 0 Å². The van der Waals surface area contributed by atoms with Gasteiger partial charge in [0.1, 0.15) is 0 Å². The predicted octanol–water partition coefficient (Wildman–Crippen LogP) is 4.13. The van der Waals surface area contributed by atoms with Gasteiger partial charge in [-0.05, 0) is 61.9 Å². The molecular formula is C26H29N3O5S. The quantitative estimate of drug-likeness (QED) is 0.356. The second kappa shape index (κ2) is 11.1. The minimum atomic E-state index is -3.53. The zero-order chi connectivity index (χ0) is 25.6. The normalized spacial score (nSPS) is 11.6. The summed E-state index contributed by atoms with van der Waals surface area (Å²) >= 11 is 0. The van der Waals surface area contributed by atoms with Crippen LogP contribution < -0.4 is 19.2 Å². The Morgan fingerprint density at radius 3 is 2.09 bits per heavy atom. The van der Waals surface area contributed by atoms with E-state index in [1.165, 1.54) is 4.31 Å². The number of nitrogens with one attached hydrogen (secondary N) is 1. The van der Waals surface area contributed by atoms with Crippen LogP contribution in [0.2, 0.25) is 0 Å². The molecule has 0 aromatic heterocycles. The van der Waals surface area contributed by atoms with Crippen LogP contribution in [0.1, 0.15) is 34.0 Å². The van der Waals surface area contributed by atoms with Gasteiger partial charge < -0.3 is 9.47 Å². The van der Waals surface area contributed by atoms with E-state index in [1.54, 1.807) is 57.5 Å². The van der Waals surface area contributed by atoms with Crippen molar-refractivity contribution >= 4 is 27.3 Å². The lowest BCUT2D eigenvalue weighted by molar-refractivity contribution is 0.0955. The number of anilines is 1. The lowest BCUT2D eigenvalue weighted by Gasteiger charge is -2.22. The SMILES string of the molecule is COc1ccc(/C(C)=N\NC(=O)c2ccc(N(Cc3ccc(C)cc3)S(C)(=O)=O)cc2)cc1OC. The van der Waals surface area contributed by atoms with Gasteiger partial charge in [0.25, 0.3) is 5.91 Å². The molecule has 1 amide bonds. The summed E-state index contributed by atoms with van der Waals surface area (Å²) in [6.45, 7) is 3.93. The molecule has 184 valence electrons. The first-order valence-electron chi connectivity index (χ1n) is 10.8. The molecule has 0 saturated carbocycles. The van der Waals surface area contributed by atoms with Crippen molar-refractivity contribution in [2.75, 3.05) is 24.8 Å². The van der Waals surface area contributed by atoms with Crippen LogP contribution in [0.4, 0.5) is 5.69 Å². The molecule has 0 aliphatic carbocycles. The molecule has 0 spiro atoms. The standard InChI is InChI=1S/C26H29N3O5S/c1-18-6-8-20(9-7-18)17-29(35(5,31)32)23-13-10-21(11-14-23)26(30)28-27-19(2)22-12-15-24(33-3)25(16-22)34-4/h6-16H,17H2,1-5H3,(H,28,30)/b27-19-. The number of benzene rings is 3. The van der Waals surface area contributed by atoms with Gasteiger partial charge in [0.05, 0.1) is 38.4 Å². The molecule has 35 heavy (non-hydrogen) atoms. The Hall–Kier alpha value is -3.85.